The predicted molar refractivity (Wildman–Crippen MR) is 130 cm³/mol. The lowest BCUT2D eigenvalue weighted by atomic mass is 9.43. The van der Waals surface area contributed by atoms with Crippen LogP contribution in [0, 0.1) is 46.3 Å². The third-order valence-electron chi connectivity index (χ3n) is 10.7. The van der Waals surface area contributed by atoms with E-state index < -0.39 is 0 Å². The third-order valence-corrected chi connectivity index (χ3v) is 11.8. The Labute approximate surface area is 207 Å². The van der Waals surface area contributed by atoms with Crippen molar-refractivity contribution in [1.82, 2.24) is 0 Å². The number of alkyl halides is 1. The Balaban J connectivity index is 1.64. The second-order valence-electron chi connectivity index (χ2n) is 11.9. The highest BCUT2D eigenvalue weighted by Crippen LogP contribution is 2.69. The number of carbonyl (C=O) groups is 3. The molecule has 4 rings (SSSR count). The molecule has 0 bridgehead atoms. The highest BCUT2D eigenvalue weighted by Gasteiger charge is 2.65. The van der Waals surface area contributed by atoms with Gasteiger partial charge in [0.25, 0.3) is 0 Å². The number of carbonyl (C=O) groups excluding carboxylic acids is 3. The maximum Gasteiger partial charge on any atom is 0.305 e. The number of ether oxygens (including phenoxy) is 2. The van der Waals surface area contributed by atoms with Crippen LogP contribution in [-0.4, -0.2) is 35.8 Å². The Hall–Kier alpha value is -0.910. The number of hydrogen-bond acceptors (Lipinski definition) is 5. The second-order valence-corrected chi connectivity index (χ2v) is 12.9. The van der Waals surface area contributed by atoms with E-state index in [1.54, 1.807) is 0 Å². The SMILES string of the molecule is COC(=O)CC[C@H](C)[C@H]1CC[C@H]2[C@@H]3CC[C@H]4[C@@H](Br)C(=O)CC[C@]4(C)[C@H]3C[C@@H](OC(C)=O)[C@]12C. The van der Waals surface area contributed by atoms with Gasteiger partial charge in [-0.1, -0.05) is 36.7 Å². The topological polar surface area (TPSA) is 69.7 Å². The lowest BCUT2D eigenvalue weighted by Gasteiger charge is -2.62. The number of halogens is 1. The van der Waals surface area contributed by atoms with Gasteiger partial charge in [0.15, 0.2) is 0 Å². The van der Waals surface area contributed by atoms with Gasteiger partial charge in [0.2, 0.25) is 0 Å². The molecule has 0 aromatic heterocycles. The van der Waals surface area contributed by atoms with Gasteiger partial charge in [-0.3, -0.25) is 14.4 Å². The summed E-state index contributed by atoms with van der Waals surface area (Å²) in [5, 5.41) is 0. The number of esters is 2. The first-order valence-electron chi connectivity index (χ1n) is 12.9. The van der Waals surface area contributed by atoms with E-state index in [0.717, 1.165) is 38.5 Å². The van der Waals surface area contributed by atoms with E-state index in [9.17, 15) is 14.4 Å². The number of Topliss-reactive ketones (excluding diaryl/α,β-unsaturated/α-hetero) is 1. The molecule has 4 fully saturated rings. The minimum absolute atomic E-state index is 0.0349. The van der Waals surface area contributed by atoms with Crippen LogP contribution in [-0.2, 0) is 23.9 Å². The number of rotatable bonds is 5. The lowest BCUT2D eigenvalue weighted by molar-refractivity contribution is -0.192. The summed E-state index contributed by atoms with van der Waals surface area (Å²) in [6.45, 7) is 8.58. The van der Waals surface area contributed by atoms with Crippen LogP contribution in [0.5, 0.6) is 0 Å². The van der Waals surface area contributed by atoms with Crippen LogP contribution in [0.2, 0.25) is 0 Å². The van der Waals surface area contributed by atoms with Crippen LogP contribution in [0.3, 0.4) is 0 Å². The minimum Gasteiger partial charge on any atom is -0.469 e. The van der Waals surface area contributed by atoms with Crippen molar-refractivity contribution in [3.05, 3.63) is 0 Å². The zero-order valence-electron chi connectivity index (χ0n) is 20.9. The van der Waals surface area contributed by atoms with Gasteiger partial charge in [-0.05, 0) is 85.9 Å². The number of methoxy groups -OCH3 is 1. The Morgan fingerprint density at radius 1 is 1.12 bits per heavy atom. The van der Waals surface area contributed by atoms with Crippen molar-refractivity contribution in [2.24, 2.45) is 46.3 Å². The highest BCUT2D eigenvalue weighted by molar-refractivity contribution is 9.10. The summed E-state index contributed by atoms with van der Waals surface area (Å²) in [4.78, 5) is 36.5. The summed E-state index contributed by atoms with van der Waals surface area (Å²) in [6.07, 6.45) is 8.23. The third kappa shape index (κ3) is 4.10. The van der Waals surface area contributed by atoms with E-state index in [2.05, 4.69) is 36.7 Å². The maximum atomic E-state index is 12.5. The van der Waals surface area contributed by atoms with E-state index in [0.29, 0.717) is 54.1 Å². The summed E-state index contributed by atoms with van der Waals surface area (Å²) >= 11 is 3.76. The average molecular weight is 526 g/mol. The quantitative estimate of drug-likeness (QED) is 0.339. The largest absolute Gasteiger partial charge is 0.469 e. The molecule has 0 aromatic carbocycles. The molecule has 0 amide bonds. The van der Waals surface area contributed by atoms with E-state index in [-0.39, 0.29) is 33.7 Å². The number of fused-ring (bicyclic) bond motifs is 5. The number of ketones is 1. The van der Waals surface area contributed by atoms with Crippen LogP contribution in [0.1, 0.15) is 85.5 Å². The summed E-state index contributed by atoms with van der Waals surface area (Å²) in [5.74, 6) is 2.82. The van der Waals surface area contributed by atoms with Crippen LogP contribution in [0.15, 0.2) is 0 Å². The first-order valence-corrected chi connectivity index (χ1v) is 13.9. The normalized spacial score (nSPS) is 45.4. The van der Waals surface area contributed by atoms with Crippen LogP contribution in [0.4, 0.5) is 0 Å². The van der Waals surface area contributed by atoms with Gasteiger partial charge in [0.1, 0.15) is 11.9 Å². The Morgan fingerprint density at radius 3 is 2.48 bits per heavy atom. The minimum atomic E-state index is -0.194. The molecule has 0 N–H and O–H groups in total. The molecule has 0 aromatic rings. The molecule has 4 aliphatic carbocycles. The van der Waals surface area contributed by atoms with Crippen molar-refractivity contribution < 1.29 is 23.9 Å². The van der Waals surface area contributed by atoms with E-state index in [1.165, 1.54) is 20.5 Å². The molecule has 6 heteroatoms. The van der Waals surface area contributed by atoms with Gasteiger partial charge in [-0.2, -0.15) is 0 Å². The van der Waals surface area contributed by atoms with Crippen LogP contribution >= 0.6 is 15.9 Å². The molecule has 186 valence electrons. The monoisotopic (exact) mass is 524 g/mol. The van der Waals surface area contributed by atoms with Gasteiger partial charge < -0.3 is 9.47 Å². The van der Waals surface area contributed by atoms with Gasteiger partial charge in [0, 0.05) is 25.2 Å². The van der Waals surface area contributed by atoms with Gasteiger partial charge in [0.05, 0.1) is 11.9 Å². The molecule has 33 heavy (non-hydrogen) atoms. The van der Waals surface area contributed by atoms with Gasteiger partial charge >= 0.3 is 11.9 Å². The van der Waals surface area contributed by atoms with E-state index >= 15 is 0 Å². The fraction of sp³-hybridized carbons (Fsp3) is 0.889. The zero-order chi connectivity index (χ0) is 24.1. The van der Waals surface area contributed by atoms with Crippen molar-refractivity contribution in [2.45, 2.75) is 96.4 Å². The zero-order valence-corrected chi connectivity index (χ0v) is 22.5. The van der Waals surface area contributed by atoms with Crippen LogP contribution < -0.4 is 0 Å². The molecule has 0 aliphatic heterocycles. The fourth-order valence-corrected chi connectivity index (χ4v) is 10.1. The molecule has 0 radical (unpaired) electrons. The first kappa shape index (κ1) is 25.2. The maximum absolute atomic E-state index is 12.5. The summed E-state index contributed by atoms with van der Waals surface area (Å²) < 4.78 is 11.0. The van der Waals surface area contributed by atoms with Crippen molar-refractivity contribution >= 4 is 33.7 Å². The molecular weight excluding hydrogens is 484 g/mol. The molecule has 4 saturated carbocycles. The van der Waals surface area contributed by atoms with E-state index in [1.807, 2.05) is 0 Å². The standard InChI is InChI=1S/C27H41BrO5/c1-15(6-11-24(31)32-5)18-9-10-19-17-7-8-20-25(28)22(30)12-13-26(20,3)21(17)14-23(27(18,19)4)33-16(2)29/h15,17-21,23,25H,6-14H2,1-5H3/t15-,17-,18+,19-,20-,21-,23+,25+,26-,27+/m0/s1. The molecule has 4 aliphatic rings. The Kier molecular flexibility index (Phi) is 7.08. The van der Waals surface area contributed by atoms with Gasteiger partial charge in [-0.15, -0.1) is 0 Å². The molecule has 10 atom stereocenters. The van der Waals surface area contributed by atoms with Crippen molar-refractivity contribution in [2.75, 3.05) is 7.11 Å². The fourth-order valence-electron chi connectivity index (χ4n) is 9.01. The molecular formula is C27H41BrO5. The summed E-state index contributed by atoms with van der Waals surface area (Å²) in [5.41, 5.74) is 0.0448. The van der Waals surface area contributed by atoms with Crippen molar-refractivity contribution in [1.29, 1.82) is 0 Å². The van der Waals surface area contributed by atoms with Crippen molar-refractivity contribution in [3.63, 3.8) is 0 Å². The highest BCUT2D eigenvalue weighted by atomic mass is 79.9. The molecule has 0 saturated heterocycles. The molecule has 0 heterocycles. The summed E-state index contributed by atoms with van der Waals surface area (Å²) in [6, 6.07) is 0. The molecule has 5 nitrogen and oxygen atoms in total. The van der Waals surface area contributed by atoms with Gasteiger partial charge in [-0.25, -0.2) is 0 Å². The Bertz CT molecular complexity index is 797. The Morgan fingerprint density at radius 2 is 1.82 bits per heavy atom. The first-order chi connectivity index (χ1) is 15.5. The molecule has 0 unspecified atom stereocenters. The van der Waals surface area contributed by atoms with Crippen LogP contribution in [0.25, 0.3) is 0 Å². The second kappa shape index (κ2) is 9.28. The summed E-state index contributed by atoms with van der Waals surface area (Å²) in [7, 11) is 1.45. The lowest BCUT2D eigenvalue weighted by Crippen LogP contribution is -2.60. The average Bonchev–Trinajstić information content (AvgIpc) is 3.13. The predicted octanol–water partition coefficient (Wildman–Crippen LogP) is 5.72. The smallest absolute Gasteiger partial charge is 0.305 e. The molecule has 0 spiro atoms. The number of hydrogen-bond donors (Lipinski definition) is 0. The van der Waals surface area contributed by atoms with Crippen molar-refractivity contribution in [3.8, 4) is 0 Å². The van der Waals surface area contributed by atoms with E-state index in [4.69, 9.17) is 9.47 Å².